The topological polar surface area (TPSA) is 98.7 Å². The van der Waals surface area contributed by atoms with Gasteiger partial charge in [-0.2, -0.15) is 0 Å². The molecule has 3 amide bonds. The number of carboxylic acid groups (broad SMARTS) is 1. The number of nitrogens with zero attached hydrogens (tertiary/aromatic N) is 1. The standard InChI is InChI=1S/C15H19N3O4/c19-13-7-4-10-18(13)12-6-2-1-5-11(12)17-15(22)16-9-3-8-14(20)21/h1-2,5-6H,3-4,7-10H2,(H,20,21)(H2,16,17,22). The van der Waals surface area contributed by atoms with Crippen molar-refractivity contribution in [2.24, 2.45) is 0 Å². The zero-order valence-corrected chi connectivity index (χ0v) is 12.2. The zero-order chi connectivity index (χ0) is 15.9. The first kappa shape index (κ1) is 15.8. The molecule has 0 bridgehead atoms. The predicted molar refractivity (Wildman–Crippen MR) is 81.9 cm³/mol. The van der Waals surface area contributed by atoms with Gasteiger partial charge in [-0.25, -0.2) is 4.79 Å². The zero-order valence-electron chi connectivity index (χ0n) is 12.2. The van der Waals surface area contributed by atoms with Gasteiger partial charge in [-0.1, -0.05) is 12.1 Å². The first-order chi connectivity index (χ1) is 10.6. The summed E-state index contributed by atoms with van der Waals surface area (Å²) in [6.07, 6.45) is 1.72. The molecule has 1 saturated heterocycles. The van der Waals surface area contributed by atoms with Crippen molar-refractivity contribution in [3.05, 3.63) is 24.3 Å². The Morgan fingerprint density at radius 1 is 1.27 bits per heavy atom. The molecule has 0 atom stereocenters. The number of urea groups is 1. The molecule has 1 aromatic rings. The van der Waals surface area contributed by atoms with Crippen LogP contribution in [0.3, 0.4) is 0 Å². The summed E-state index contributed by atoms with van der Waals surface area (Å²) in [5, 5.41) is 13.8. The number of anilines is 2. The predicted octanol–water partition coefficient (Wildman–Crippen LogP) is 1.80. The number of carbonyl (C=O) groups is 3. The van der Waals surface area contributed by atoms with E-state index in [0.29, 0.717) is 30.8 Å². The number of hydrogen-bond acceptors (Lipinski definition) is 3. The van der Waals surface area contributed by atoms with Crippen LogP contribution in [0.2, 0.25) is 0 Å². The lowest BCUT2D eigenvalue weighted by Gasteiger charge is -2.20. The minimum atomic E-state index is -0.889. The summed E-state index contributed by atoms with van der Waals surface area (Å²) >= 11 is 0. The van der Waals surface area contributed by atoms with Crippen LogP contribution < -0.4 is 15.5 Å². The number of carboxylic acids is 1. The molecule has 0 saturated carbocycles. The Balaban J connectivity index is 1.93. The minimum absolute atomic E-state index is 0.0130. The molecule has 1 heterocycles. The molecule has 1 fully saturated rings. The lowest BCUT2D eigenvalue weighted by atomic mass is 10.2. The molecular weight excluding hydrogens is 286 g/mol. The lowest BCUT2D eigenvalue weighted by molar-refractivity contribution is -0.137. The number of benzene rings is 1. The number of amides is 3. The summed E-state index contributed by atoms with van der Waals surface area (Å²) < 4.78 is 0. The quantitative estimate of drug-likeness (QED) is 0.698. The largest absolute Gasteiger partial charge is 0.481 e. The van der Waals surface area contributed by atoms with E-state index in [4.69, 9.17) is 5.11 Å². The monoisotopic (exact) mass is 305 g/mol. The normalized spacial score (nSPS) is 14.0. The van der Waals surface area contributed by atoms with Gasteiger partial charge in [0.25, 0.3) is 0 Å². The van der Waals surface area contributed by atoms with Gasteiger partial charge < -0.3 is 20.6 Å². The second kappa shape index (κ2) is 7.44. The van der Waals surface area contributed by atoms with E-state index >= 15 is 0 Å². The molecule has 7 nitrogen and oxygen atoms in total. The highest BCUT2D eigenvalue weighted by Gasteiger charge is 2.24. The highest BCUT2D eigenvalue weighted by atomic mass is 16.4. The van der Waals surface area contributed by atoms with Crippen LogP contribution in [0, 0.1) is 0 Å². The molecule has 7 heteroatoms. The van der Waals surface area contributed by atoms with Gasteiger partial charge in [0.2, 0.25) is 5.91 Å². The van der Waals surface area contributed by atoms with Gasteiger partial charge in [-0.15, -0.1) is 0 Å². The molecular formula is C15H19N3O4. The molecule has 3 N–H and O–H groups in total. The van der Waals surface area contributed by atoms with E-state index in [1.807, 2.05) is 6.07 Å². The number of carbonyl (C=O) groups excluding carboxylic acids is 2. The Kier molecular flexibility index (Phi) is 5.35. The van der Waals surface area contributed by atoms with E-state index in [1.165, 1.54) is 0 Å². The Hall–Kier alpha value is -2.57. The molecule has 1 aliphatic rings. The summed E-state index contributed by atoms with van der Waals surface area (Å²) in [5.41, 5.74) is 1.25. The maximum atomic E-state index is 11.8. The Labute approximate surface area is 128 Å². The van der Waals surface area contributed by atoms with Crippen LogP contribution in [0.4, 0.5) is 16.2 Å². The number of nitrogens with one attached hydrogen (secondary N) is 2. The van der Waals surface area contributed by atoms with Gasteiger partial charge in [-0.3, -0.25) is 9.59 Å². The third-order valence-electron chi connectivity index (χ3n) is 3.37. The molecule has 1 aliphatic heterocycles. The number of aliphatic carboxylic acids is 1. The average Bonchev–Trinajstić information content (AvgIpc) is 2.90. The molecule has 1 aromatic carbocycles. The molecule has 22 heavy (non-hydrogen) atoms. The second-order valence-corrected chi connectivity index (χ2v) is 5.04. The molecule has 0 spiro atoms. The molecule has 0 unspecified atom stereocenters. The van der Waals surface area contributed by atoms with Crippen molar-refractivity contribution in [1.82, 2.24) is 5.32 Å². The van der Waals surface area contributed by atoms with Gasteiger partial charge in [0.05, 0.1) is 11.4 Å². The van der Waals surface area contributed by atoms with E-state index in [-0.39, 0.29) is 18.9 Å². The Morgan fingerprint density at radius 3 is 2.73 bits per heavy atom. The van der Waals surface area contributed by atoms with Crippen LogP contribution in [-0.2, 0) is 9.59 Å². The van der Waals surface area contributed by atoms with Crippen LogP contribution >= 0.6 is 0 Å². The van der Waals surface area contributed by atoms with Gasteiger partial charge in [-0.05, 0) is 25.0 Å². The smallest absolute Gasteiger partial charge is 0.319 e. The molecule has 2 rings (SSSR count). The summed E-state index contributed by atoms with van der Waals surface area (Å²) in [6.45, 7) is 0.931. The SMILES string of the molecule is O=C(O)CCCNC(=O)Nc1ccccc1N1CCCC1=O. The highest BCUT2D eigenvalue weighted by Crippen LogP contribution is 2.29. The number of rotatable bonds is 6. The molecule has 0 radical (unpaired) electrons. The van der Waals surface area contributed by atoms with Gasteiger partial charge >= 0.3 is 12.0 Å². The van der Waals surface area contributed by atoms with Crippen molar-refractivity contribution in [1.29, 1.82) is 0 Å². The highest BCUT2D eigenvalue weighted by molar-refractivity contribution is 6.01. The van der Waals surface area contributed by atoms with Crippen molar-refractivity contribution < 1.29 is 19.5 Å². The van der Waals surface area contributed by atoms with Crippen LogP contribution in [0.5, 0.6) is 0 Å². The first-order valence-corrected chi connectivity index (χ1v) is 7.24. The van der Waals surface area contributed by atoms with Gasteiger partial charge in [0, 0.05) is 25.9 Å². The van der Waals surface area contributed by atoms with E-state index in [1.54, 1.807) is 23.1 Å². The van der Waals surface area contributed by atoms with Crippen molar-refractivity contribution in [2.75, 3.05) is 23.3 Å². The fourth-order valence-corrected chi connectivity index (χ4v) is 2.33. The fourth-order valence-electron chi connectivity index (χ4n) is 2.33. The Morgan fingerprint density at radius 2 is 2.05 bits per heavy atom. The van der Waals surface area contributed by atoms with Crippen LogP contribution in [0.15, 0.2) is 24.3 Å². The summed E-state index contributed by atoms with van der Waals surface area (Å²) in [7, 11) is 0. The van der Waals surface area contributed by atoms with E-state index < -0.39 is 12.0 Å². The van der Waals surface area contributed by atoms with Crippen molar-refractivity contribution in [3.8, 4) is 0 Å². The lowest BCUT2D eigenvalue weighted by Crippen LogP contribution is -2.31. The maximum Gasteiger partial charge on any atom is 0.319 e. The number of hydrogen-bond donors (Lipinski definition) is 3. The third kappa shape index (κ3) is 4.21. The van der Waals surface area contributed by atoms with Gasteiger partial charge in [0.15, 0.2) is 0 Å². The maximum absolute atomic E-state index is 11.8. The van der Waals surface area contributed by atoms with Crippen LogP contribution in [0.25, 0.3) is 0 Å². The summed E-state index contributed by atoms with van der Waals surface area (Å²) in [6, 6.07) is 6.71. The molecule has 118 valence electrons. The van der Waals surface area contributed by atoms with Crippen LogP contribution in [-0.4, -0.2) is 36.1 Å². The van der Waals surface area contributed by atoms with E-state index in [9.17, 15) is 14.4 Å². The molecule has 0 aromatic heterocycles. The second-order valence-electron chi connectivity index (χ2n) is 5.04. The van der Waals surface area contributed by atoms with Crippen LogP contribution in [0.1, 0.15) is 25.7 Å². The van der Waals surface area contributed by atoms with Gasteiger partial charge in [0.1, 0.15) is 0 Å². The average molecular weight is 305 g/mol. The van der Waals surface area contributed by atoms with E-state index in [2.05, 4.69) is 10.6 Å². The van der Waals surface area contributed by atoms with Crippen molar-refractivity contribution >= 4 is 29.3 Å². The third-order valence-corrected chi connectivity index (χ3v) is 3.37. The minimum Gasteiger partial charge on any atom is -0.481 e. The fraction of sp³-hybridized carbons (Fsp3) is 0.400. The summed E-state index contributed by atoms with van der Waals surface area (Å²) in [5.74, 6) is -0.837. The summed E-state index contributed by atoms with van der Waals surface area (Å²) in [4.78, 5) is 35.7. The molecule has 0 aliphatic carbocycles. The first-order valence-electron chi connectivity index (χ1n) is 7.24. The van der Waals surface area contributed by atoms with E-state index in [0.717, 1.165) is 6.42 Å². The van der Waals surface area contributed by atoms with Crippen molar-refractivity contribution in [3.63, 3.8) is 0 Å². The Bertz CT molecular complexity index is 574. The van der Waals surface area contributed by atoms with Crippen molar-refractivity contribution in [2.45, 2.75) is 25.7 Å². The number of para-hydroxylation sites is 2.